The first kappa shape index (κ1) is 16.6. The molecule has 0 aliphatic rings. The van der Waals surface area contributed by atoms with E-state index in [4.69, 9.17) is 17.3 Å². The van der Waals surface area contributed by atoms with Crippen molar-refractivity contribution in [2.75, 3.05) is 0 Å². The van der Waals surface area contributed by atoms with Gasteiger partial charge in [0.1, 0.15) is 5.82 Å². The number of hydrogen-bond acceptors (Lipinski definition) is 2. The number of aliphatic hydroxyl groups is 1. The first-order valence-electron chi connectivity index (χ1n) is 5.12. The minimum Gasteiger partial charge on any atom is -0.391 e. The van der Waals surface area contributed by atoms with Gasteiger partial charge in [0.05, 0.1) is 12.1 Å². The second-order valence-electron chi connectivity index (χ2n) is 5.00. The van der Waals surface area contributed by atoms with Crippen LogP contribution in [0.25, 0.3) is 0 Å². The number of benzene rings is 1. The van der Waals surface area contributed by atoms with Crippen LogP contribution in [0.2, 0.25) is 5.02 Å². The van der Waals surface area contributed by atoms with E-state index in [1.807, 2.05) is 20.8 Å². The molecular weight excluding hydrogens is 264 g/mol. The Labute approximate surface area is 112 Å². The molecule has 17 heavy (non-hydrogen) atoms. The summed E-state index contributed by atoms with van der Waals surface area (Å²) in [5.74, 6) is -0.444. The summed E-state index contributed by atoms with van der Waals surface area (Å²) in [4.78, 5) is 0. The van der Waals surface area contributed by atoms with E-state index in [-0.39, 0.29) is 18.0 Å². The van der Waals surface area contributed by atoms with Gasteiger partial charge in [0.25, 0.3) is 0 Å². The van der Waals surface area contributed by atoms with E-state index in [0.717, 1.165) is 0 Å². The maximum atomic E-state index is 13.5. The quantitative estimate of drug-likeness (QED) is 0.874. The van der Waals surface area contributed by atoms with Gasteiger partial charge in [0.2, 0.25) is 0 Å². The van der Waals surface area contributed by atoms with Crippen LogP contribution in [-0.2, 0) is 0 Å². The summed E-state index contributed by atoms with van der Waals surface area (Å²) < 4.78 is 13.5. The summed E-state index contributed by atoms with van der Waals surface area (Å²) in [6.45, 7) is 5.54. The molecule has 0 unspecified atom stereocenters. The molecule has 0 aliphatic carbocycles. The zero-order chi connectivity index (χ0) is 12.5. The van der Waals surface area contributed by atoms with Crippen molar-refractivity contribution in [3.05, 3.63) is 34.6 Å². The smallest absolute Gasteiger partial charge is 0.128 e. The standard InChI is InChI=1S/C12H17ClFNO.ClH/c1-12(2,3)11(16)10(15)8-6-7(13)4-5-9(8)14;/h4-6,10-11,16H,15H2,1-3H3;1H/t10-,11-;/m0./s1. The summed E-state index contributed by atoms with van der Waals surface area (Å²) in [5.41, 5.74) is 5.68. The van der Waals surface area contributed by atoms with Gasteiger partial charge in [0.15, 0.2) is 0 Å². The molecule has 1 aromatic carbocycles. The predicted octanol–water partition coefficient (Wildman–Crippen LogP) is 3.31. The lowest BCUT2D eigenvalue weighted by atomic mass is 9.82. The first-order valence-corrected chi connectivity index (χ1v) is 5.50. The minimum absolute atomic E-state index is 0. The van der Waals surface area contributed by atoms with Crippen LogP contribution in [0, 0.1) is 11.2 Å². The van der Waals surface area contributed by atoms with Crippen LogP contribution in [0.3, 0.4) is 0 Å². The van der Waals surface area contributed by atoms with Gasteiger partial charge in [-0.1, -0.05) is 32.4 Å². The highest BCUT2D eigenvalue weighted by atomic mass is 35.5. The van der Waals surface area contributed by atoms with Crippen molar-refractivity contribution in [3.63, 3.8) is 0 Å². The van der Waals surface area contributed by atoms with Crippen molar-refractivity contribution in [3.8, 4) is 0 Å². The molecule has 5 heteroatoms. The molecule has 2 nitrogen and oxygen atoms in total. The topological polar surface area (TPSA) is 46.2 Å². The number of hydrogen-bond donors (Lipinski definition) is 2. The van der Waals surface area contributed by atoms with Gasteiger partial charge in [-0.2, -0.15) is 0 Å². The van der Waals surface area contributed by atoms with Crippen molar-refractivity contribution in [1.82, 2.24) is 0 Å². The highest BCUT2D eigenvalue weighted by molar-refractivity contribution is 6.30. The average molecular weight is 282 g/mol. The van der Waals surface area contributed by atoms with E-state index in [1.165, 1.54) is 18.2 Å². The number of nitrogens with two attached hydrogens (primary N) is 1. The Balaban J connectivity index is 0.00000256. The SMILES string of the molecule is CC(C)(C)[C@@H](O)[C@@H](N)c1cc(Cl)ccc1F.Cl. The fourth-order valence-electron chi connectivity index (χ4n) is 1.48. The van der Waals surface area contributed by atoms with Gasteiger partial charge in [-0.3, -0.25) is 0 Å². The highest BCUT2D eigenvalue weighted by Crippen LogP contribution is 2.30. The van der Waals surface area contributed by atoms with E-state index < -0.39 is 23.4 Å². The maximum Gasteiger partial charge on any atom is 0.128 e. The van der Waals surface area contributed by atoms with Crippen molar-refractivity contribution in [1.29, 1.82) is 0 Å². The molecule has 0 heterocycles. The fourth-order valence-corrected chi connectivity index (χ4v) is 1.66. The third-order valence-corrected chi connectivity index (χ3v) is 2.78. The molecule has 2 atom stereocenters. The maximum absolute atomic E-state index is 13.5. The second-order valence-corrected chi connectivity index (χ2v) is 5.44. The second kappa shape index (κ2) is 6.01. The molecule has 0 fully saturated rings. The van der Waals surface area contributed by atoms with E-state index >= 15 is 0 Å². The van der Waals surface area contributed by atoms with E-state index in [0.29, 0.717) is 5.02 Å². The van der Waals surface area contributed by atoms with Crippen LogP contribution in [0.5, 0.6) is 0 Å². The minimum atomic E-state index is -0.833. The Morgan fingerprint density at radius 1 is 1.35 bits per heavy atom. The first-order chi connectivity index (χ1) is 7.23. The van der Waals surface area contributed by atoms with Crippen LogP contribution in [0.1, 0.15) is 32.4 Å². The summed E-state index contributed by atoms with van der Waals surface area (Å²) in [6.07, 6.45) is -0.833. The summed E-state index contributed by atoms with van der Waals surface area (Å²) in [6, 6.07) is 3.39. The summed E-state index contributed by atoms with van der Waals surface area (Å²) in [5, 5.41) is 10.4. The van der Waals surface area contributed by atoms with Crippen molar-refractivity contribution >= 4 is 24.0 Å². The lowest BCUT2D eigenvalue weighted by molar-refractivity contribution is 0.0391. The third kappa shape index (κ3) is 4.11. The van der Waals surface area contributed by atoms with Gasteiger partial charge >= 0.3 is 0 Å². The van der Waals surface area contributed by atoms with Gasteiger partial charge < -0.3 is 10.8 Å². The normalized spacial score (nSPS) is 15.0. The van der Waals surface area contributed by atoms with Gasteiger partial charge in [-0.25, -0.2) is 4.39 Å². The molecule has 1 aromatic rings. The predicted molar refractivity (Wildman–Crippen MR) is 71.0 cm³/mol. The number of aliphatic hydroxyl groups excluding tert-OH is 1. The van der Waals surface area contributed by atoms with Crippen molar-refractivity contribution < 1.29 is 9.50 Å². The van der Waals surface area contributed by atoms with Crippen molar-refractivity contribution in [2.24, 2.45) is 11.1 Å². The summed E-state index contributed by atoms with van der Waals surface area (Å²) in [7, 11) is 0. The number of rotatable bonds is 2. The molecule has 0 spiro atoms. The Hall–Kier alpha value is -0.350. The fraction of sp³-hybridized carbons (Fsp3) is 0.500. The Morgan fingerprint density at radius 3 is 2.35 bits per heavy atom. The molecule has 1 rings (SSSR count). The highest BCUT2D eigenvalue weighted by Gasteiger charge is 2.30. The third-order valence-electron chi connectivity index (χ3n) is 2.54. The Kier molecular flexibility index (Phi) is 5.88. The lowest BCUT2D eigenvalue weighted by Crippen LogP contribution is -2.37. The van der Waals surface area contributed by atoms with Crippen LogP contribution in [-0.4, -0.2) is 11.2 Å². The largest absolute Gasteiger partial charge is 0.391 e. The van der Waals surface area contributed by atoms with Crippen LogP contribution in [0.4, 0.5) is 4.39 Å². The molecule has 0 amide bonds. The van der Waals surface area contributed by atoms with E-state index in [1.54, 1.807) is 0 Å². The lowest BCUT2D eigenvalue weighted by Gasteiger charge is -2.31. The summed E-state index contributed by atoms with van der Waals surface area (Å²) >= 11 is 5.78. The van der Waals surface area contributed by atoms with Crippen LogP contribution < -0.4 is 5.73 Å². The molecule has 98 valence electrons. The molecule has 0 bridgehead atoms. The van der Waals surface area contributed by atoms with Gasteiger partial charge in [-0.15, -0.1) is 12.4 Å². The van der Waals surface area contributed by atoms with Crippen LogP contribution >= 0.6 is 24.0 Å². The molecule has 0 aromatic heterocycles. The van der Waals surface area contributed by atoms with Gasteiger partial charge in [0, 0.05) is 10.6 Å². The molecule has 0 saturated heterocycles. The van der Waals surface area contributed by atoms with Gasteiger partial charge in [-0.05, 0) is 23.6 Å². The molecule has 3 N–H and O–H groups in total. The Bertz CT molecular complexity index is 379. The number of halogens is 3. The van der Waals surface area contributed by atoms with E-state index in [9.17, 15) is 9.50 Å². The molecule has 0 aliphatic heterocycles. The van der Waals surface area contributed by atoms with Crippen LogP contribution in [0.15, 0.2) is 18.2 Å². The Morgan fingerprint density at radius 2 is 1.88 bits per heavy atom. The zero-order valence-electron chi connectivity index (χ0n) is 10.1. The van der Waals surface area contributed by atoms with Crippen molar-refractivity contribution in [2.45, 2.75) is 32.9 Å². The zero-order valence-corrected chi connectivity index (χ0v) is 11.6. The monoisotopic (exact) mass is 281 g/mol. The molecular formula is C12H18Cl2FNO. The molecule has 0 radical (unpaired) electrons. The average Bonchev–Trinajstić information content (AvgIpc) is 2.18. The van der Waals surface area contributed by atoms with E-state index in [2.05, 4.69) is 0 Å². The molecule has 0 saturated carbocycles.